The van der Waals surface area contributed by atoms with Crippen molar-refractivity contribution >= 4 is 66.1 Å². The van der Waals surface area contributed by atoms with Crippen LogP contribution in [-0.4, -0.2) is 30.6 Å². The van der Waals surface area contributed by atoms with E-state index in [1.807, 2.05) is 71.7 Å². The second-order valence-electron chi connectivity index (χ2n) is 8.41. The number of hydrogen-bond donors (Lipinski definition) is 2. The van der Waals surface area contributed by atoms with E-state index in [0.29, 0.717) is 0 Å². The standard InChI is InChI=1S/C26H30N8S2.H2O4S/c1-3-33-17-19-35-25(33)31-29-23-11-7-21(8-12-23)27-15-5-6-16-28-22-9-13-24(14-10-22)30-32-26-34(4-2)18-20-36-26;1-5(2,3)4/h7-14,17-20H,3-6,15-16H2,1-2H3;(H2,1,2,3,4). The van der Waals surface area contributed by atoms with Crippen molar-refractivity contribution in [2.75, 3.05) is 23.7 Å². The molecule has 0 aliphatic heterocycles. The minimum atomic E-state index is -5.17. The normalized spacial score (nSPS) is 11.5. The highest BCUT2D eigenvalue weighted by atomic mass is 32.3. The van der Waals surface area contributed by atoms with E-state index in [1.54, 1.807) is 22.7 Å². The fraction of sp³-hybridized carbons (Fsp3) is 0.308. The Hall–Kier alpha value is -3.63. The molecule has 41 heavy (non-hydrogen) atoms. The maximum atomic E-state index is 8.52. The summed E-state index contributed by atoms with van der Waals surface area (Å²) < 4.78 is 38.2. The lowest BCUT2D eigenvalue weighted by molar-refractivity contribution is -0.677. The zero-order valence-corrected chi connectivity index (χ0v) is 25.2. The quantitative estimate of drug-likeness (QED) is 0.0596. The summed E-state index contributed by atoms with van der Waals surface area (Å²) >= 11 is 3.18. The molecule has 4 rings (SSSR count). The zero-order chi connectivity index (χ0) is 29.5. The van der Waals surface area contributed by atoms with E-state index in [4.69, 9.17) is 17.5 Å². The van der Waals surface area contributed by atoms with Crippen molar-refractivity contribution in [2.45, 2.75) is 39.8 Å². The first kappa shape index (κ1) is 31.9. The predicted molar refractivity (Wildman–Crippen MR) is 158 cm³/mol. The second-order valence-corrected chi connectivity index (χ2v) is 11.0. The van der Waals surface area contributed by atoms with Crippen LogP contribution < -0.4 is 19.8 Å². The number of benzene rings is 2. The van der Waals surface area contributed by atoms with Crippen molar-refractivity contribution in [3.8, 4) is 0 Å². The van der Waals surface area contributed by atoms with E-state index in [2.05, 4.69) is 54.1 Å². The number of anilines is 2. The van der Waals surface area contributed by atoms with E-state index in [-0.39, 0.29) is 0 Å². The van der Waals surface area contributed by atoms with Crippen LogP contribution in [0.2, 0.25) is 0 Å². The van der Waals surface area contributed by atoms with Gasteiger partial charge in [-0.3, -0.25) is 8.42 Å². The third-order valence-electron chi connectivity index (χ3n) is 5.50. The topological polar surface area (TPSA) is 162 Å². The maximum Gasteiger partial charge on any atom is 0.408 e. The van der Waals surface area contributed by atoms with Gasteiger partial charge in [-0.2, -0.15) is 0 Å². The van der Waals surface area contributed by atoms with Crippen molar-refractivity contribution in [1.29, 1.82) is 0 Å². The predicted octanol–water partition coefficient (Wildman–Crippen LogP) is 6.22. The van der Waals surface area contributed by atoms with Crippen molar-refractivity contribution < 1.29 is 26.7 Å². The van der Waals surface area contributed by atoms with Crippen molar-refractivity contribution in [3.05, 3.63) is 71.7 Å². The molecule has 0 radical (unpaired) electrons. The fourth-order valence-corrected chi connectivity index (χ4v) is 4.93. The average molecular weight is 617 g/mol. The van der Waals surface area contributed by atoms with E-state index < -0.39 is 10.4 Å². The molecule has 0 atom stereocenters. The Labute approximate surface area is 247 Å². The van der Waals surface area contributed by atoms with Gasteiger partial charge in [0.2, 0.25) is 0 Å². The average Bonchev–Trinajstić information content (AvgIpc) is 3.62. The molecule has 15 heteroatoms. The molecule has 0 spiro atoms. The summed E-state index contributed by atoms with van der Waals surface area (Å²) in [7, 11) is -5.17. The number of rotatable bonds is 13. The van der Waals surface area contributed by atoms with Crippen LogP contribution in [0.15, 0.2) is 92.1 Å². The van der Waals surface area contributed by atoms with Gasteiger partial charge in [-0.25, -0.2) is 9.13 Å². The van der Waals surface area contributed by atoms with Gasteiger partial charge in [0.1, 0.15) is 23.8 Å². The smallest absolute Gasteiger partial charge is 0.408 e. The van der Waals surface area contributed by atoms with Crippen LogP contribution in [0.3, 0.4) is 0 Å². The summed E-state index contributed by atoms with van der Waals surface area (Å²) in [5.74, 6) is 0. The molecule has 0 unspecified atom stereocenters. The highest BCUT2D eigenvalue weighted by molar-refractivity contribution is 7.79. The van der Waals surface area contributed by atoms with Crippen LogP contribution >= 0.6 is 22.7 Å². The molecule has 2 heterocycles. The number of hydrogen-bond acceptors (Lipinski definition) is 12. The first-order valence-electron chi connectivity index (χ1n) is 12.9. The molecular formula is C26H32N8O4S3. The zero-order valence-electron chi connectivity index (χ0n) is 22.7. The SMILES string of the molecule is CC[n+]1ccsc1N=Nc1ccc(NCCCCNc2ccc(N=Nc3scc[n+]3CC)cc2)cc1.O=S(=O)([O-])[O-]. The van der Waals surface area contributed by atoms with Crippen LogP contribution in [0.4, 0.5) is 33.0 Å². The lowest BCUT2D eigenvalue weighted by atomic mass is 10.2. The number of nitrogens with one attached hydrogen (secondary N) is 2. The van der Waals surface area contributed by atoms with E-state index >= 15 is 0 Å². The lowest BCUT2D eigenvalue weighted by Gasteiger charge is -2.08. The highest BCUT2D eigenvalue weighted by Crippen LogP contribution is 2.22. The van der Waals surface area contributed by atoms with Crippen LogP contribution in [0.5, 0.6) is 0 Å². The number of unbranched alkanes of at least 4 members (excludes halogenated alkanes) is 1. The van der Waals surface area contributed by atoms with Crippen molar-refractivity contribution in [3.63, 3.8) is 0 Å². The fourth-order valence-electron chi connectivity index (χ4n) is 3.44. The Morgan fingerprint density at radius 3 is 1.39 bits per heavy atom. The largest absolute Gasteiger partial charge is 0.759 e. The van der Waals surface area contributed by atoms with Crippen LogP contribution in [0, 0.1) is 0 Å². The summed E-state index contributed by atoms with van der Waals surface area (Å²) in [5.41, 5.74) is 3.89. The van der Waals surface area contributed by atoms with E-state index in [9.17, 15) is 0 Å². The molecule has 12 nitrogen and oxygen atoms in total. The van der Waals surface area contributed by atoms with Crippen LogP contribution in [0.25, 0.3) is 0 Å². The molecule has 0 saturated heterocycles. The van der Waals surface area contributed by atoms with Crippen LogP contribution in [-0.2, 0) is 23.5 Å². The molecule has 4 aromatic rings. The van der Waals surface area contributed by atoms with Gasteiger partial charge in [0.05, 0.1) is 23.3 Å². The molecule has 2 N–H and O–H groups in total. The summed E-state index contributed by atoms with van der Waals surface area (Å²) in [6, 6.07) is 16.2. The Bertz CT molecular complexity index is 1390. The van der Waals surface area contributed by atoms with Gasteiger partial charge in [0.15, 0.2) is 0 Å². The van der Waals surface area contributed by atoms with Crippen molar-refractivity contribution in [2.24, 2.45) is 20.5 Å². The minimum absolute atomic E-state index is 0.851. The number of azo groups is 2. The second kappa shape index (κ2) is 16.6. The van der Waals surface area contributed by atoms with Gasteiger partial charge in [-0.15, -0.1) is 0 Å². The number of nitrogens with zero attached hydrogens (tertiary/aromatic N) is 6. The maximum absolute atomic E-state index is 8.52. The Morgan fingerprint density at radius 2 is 1.05 bits per heavy atom. The van der Waals surface area contributed by atoms with Gasteiger partial charge in [0, 0.05) is 45.6 Å². The van der Waals surface area contributed by atoms with Crippen molar-refractivity contribution in [1.82, 2.24) is 0 Å². The summed E-state index contributed by atoms with van der Waals surface area (Å²) in [6.07, 6.45) is 6.21. The van der Waals surface area contributed by atoms with Crippen LogP contribution in [0.1, 0.15) is 26.7 Å². The molecule has 0 amide bonds. The van der Waals surface area contributed by atoms with Gasteiger partial charge < -0.3 is 19.7 Å². The van der Waals surface area contributed by atoms with E-state index in [0.717, 1.165) is 72.0 Å². The van der Waals surface area contributed by atoms with Gasteiger partial charge >= 0.3 is 10.3 Å². The molecular weight excluding hydrogens is 585 g/mol. The molecule has 0 bridgehead atoms. The summed E-state index contributed by atoms with van der Waals surface area (Å²) in [6.45, 7) is 7.84. The first-order chi connectivity index (χ1) is 19.7. The summed E-state index contributed by atoms with van der Waals surface area (Å²) in [4.78, 5) is 0. The van der Waals surface area contributed by atoms with Gasteiger partial charge in [0.25, 0.3) is 0 Å². The number of aromatic nitrogens is 2. The Balaban J connectivity index is 0.000000850. The van der Waals surface area contributed by atoms with E-state index in [1.165, 1.54) is 0 Å². The highest BCUT2D eigenvalue weighted by Gasteiger charge is 2.10. The molecule has 0 fully saturated rings. The molecule has 2 aromatic carbocycles. The number of thiazole rings is 2. The third kappa shape index (κ3) is 12.2. The minimum Gasteiger partial charge on any atom is -0.759 e. The third-order valence-corrected chi connectivity index (χ3v) is 7.07. The van der Waals surface area contributed by atoms with Gasteiger partial charge in [-0.1, -0.05) is 0 Å². The molecule has 2 aromatic heterocycles. The number of aryl methyl sites for hydroxylation is 2. The Morgan fingerprint density at radius 1 is 0.683 bits per heavy atom. The van der Waals surface area contributed by atoms with Gasteiger partial charge in [-0.05, 0) is 108 Å². The Kier molecular flexibility index (Phi) is 12.9. The molecule has 0 aliphatic carbocycles. The lowest BCUT2D eigenvalue weighted by Crippen LogP contribution is -2.28. The summed E-state index contributed by atoms with van der Waals surface area (Å²) in [5, 5.41) is 30.2. The molecule has 218 valence electrons. The monoisotopic (exact) mass is 616 g/mol. The molecule has 0 aliphatic rings. The first-order valence-corrected chi connectivity index (χ1v) is 16.0. The molecule has 0 saturated carbocycles.